The molecule has 0 aliphatic heterocycles. The molecule has 1 atom stereocenters. The highest BCUT2D eigenvalue weighted by molar-refractivity contribution is 5.77. The SMILES string of the molecule is CC(=O)NCCCCNC(=O)CC(c1ccc(F)c(C)c1)C1CC1. The van der Waals surface area contributed by atoms with Crippen molar-refractivity contribution in [2.24, 2.45) is 5.92 Å². The lowest BCUT2D eigenvalue weighted by molar-refractivity contribution is -0.122. The third-order valence-electron chi connectivity index (χ3n) is 4.51. The van der Waals surface area contributed by atoms with E-state index in [4.69, 9.17) is 0 Å². The molecule has 4 nitrogen and oxygen atoms in total. The second-order valence-electron chi connectivity index (χ2n) is 6.70. The zero-order valence-corrected chi connectivity index (χ0v) is 14.5. The Morgan fingerprint density at radius 2 is 1.88 bits per heavy atom. The normalized spacial score (nSPS) is 15.0. The smallest absolute Gasteiger partial charge is 0.220 e. The van der Waals surface area contributed by atoms with Gasteiger partial charge in [-0.15, -0.1) is 0 Å². The number of amides is 2. The van der Waals surface area contributed by atoms with E-state index in [9.17, 15) is 14.0 Å². The molecule has 2 amide bonds. The Kier molecular flexibility index (Phi) is 6.76. The molecule has 0 heterocycles. The summed E-state index contributed by atoms with van der Waals surface area (Å²) in [5.41, 5.74) is 1.70. The van der Waals surface area contributed by atoms with Crippen molar-refractivity contribution in [2.45, 2.75) is 51.9 Å². The van der Waals surface area contributed by atoms with E-state index in [-0.39, 0.29) is 23.5 Å². The summed E-state index contributed by atoms with van der Waals surface area (Å²) in [5, 5.41) is 5.69. The number of aryl methyl sites for hydroxylation is 1. The van der Waals surface area contributed by atoms with E-state index in [1.165, 1.54) is 13.0 Å². The molecule has 0 bridgehead atoms. The van der Waals surface area contributed by atoms with Gasteiger partial charge in [-0.25, -0.2) is 4.39 Å². The van der Waals surface area contributed by atoms with Crippen molar-refractivity contribution in [3.63, 3.8) is 0 Å². The predicted octanol–water partition coefficient (Wildman–Crippen LogP) is 3.05. The fraction of sp³-hybridized carbons (Fsp3) is 0.579. The van der Waals surface area contributed by atoms with Crippen LogP contribution in [0.15, 0.2) is 18.2 Å². The number of unbranched alkanes of at least 4 members (excludes halogenated alkanes) is 1. The molecule has 0 spiro atoms. The number of halogens is 1. The zero-order valence-electron chi connectivity index (χ0n) is 14.5. The summed E-state index contributed by atoms with van der Waals surface area (Å²) in [6.07, 6.45) is 4.44. The summed E-state index contributed by atoms with van der Waals surface area (Å²) in [4.78, 5) is 22.9. The first-order valence-corrected chi connectivity index (χ1v) is 8.74. The van der Waals surface area contributed by atoms with Crippen LogP contribution in [0.1, 0.15) is 56.1 Å². The predicted molar refractivity (Wildman–Crippen MR) is 92.1 cm³/mol. The first-order valence-electron chi connectivity index (χ1n) is 8.74. The Morgan fingerprint density at radius 1 is 1.21 bits per heavy atom. The molecular weight excluding hydrogens is 307 g/mol. The molecule has 0 radical (unpaired) electrons. The van der Waals surface area contributed by atoms with Crippen LogP contribution in [0.25, 0.3) is 0 Å². The Bertz CT molecular complexity index is 585. The maximum Gasteiger partial charge on any atom is 0.220 e. The van der Waals surface area contributed by atoms with Gasteiger partial charge in [-0.2, -0.15) is 0 Å². The fourth-order valence-corrected chi connectivity index (χ4v) is 2.97. The van der Waals surface area contributed by atoms with Crippen molar-refractivity contribution in [1.82, 2.24) is 10.6 Å². The van der Waals surface area contributed by atoms with Crippen LogP contribution >= 0.6 is 0 Å². The van der Waals surface area contributed by atoms with Crippen LogP contribution in [0.4, 0.5) is 4.39 Å². The van der Waals surface area contributed by atoms with Gasteiger partial charge in [0.15, 0.2) is 0 Å². The lowest BCUT2D eigenvalue weighted by Crippen LogP contribution is -2.27. The molecule has 1 aromatic rings. The van der Waals surface area contributed by atoms with Crippen molar-refractivity contribution in [3.05, 3.63) is 35.1 Å². The molecule has 1 fully saturated rings. The third kappa shape index (κ3) is 5.95. The van der Waals surface area contributed by atoms with Gasteiger partial charge in [0.1, 0.15) is 5.82 Å². The van der Waals surface area contributed by atoms with Crippen molar-refractivity contribution in [3.8, 4) is 0 Å². The van der Waals surface area contributed by atoms with E-state index in [1.807, 2.05) is 12.1 Å². The third-order valence-corrected chi connectivity index (χ3v) is 4.51. The van der Waals surface area contributed by atoms with Crippen LogP contribution in [0, 0.1) is 18.7 Å². The van der Waals surface area contributed by atoms with Gasteiger partial charge in [0.25, 0.3) is 0 Å². The number of hydrogen-bond acceptors (Lipinski definition) is 2. The molecule has 0 aromatic heterocycles. The Labute approximate surface area is 143 Å². The number of carbonyl (C=O) groups is 2. The largest absolute Gasteiger partial charge is 0.356 e. The molecule has 1 saturated carbocycles. The summed E-state index contributed by atoms with van der Waals surface area (Å²) >= 11 is 0. The maximum absolute atomic E-state index is 13.5. The molecule has 132 valence electrons. The maximum atomic E-state index is 13.5. The van der Waals surface area contributed by atoms with E-state index in [0.717, 1.165) is 31.2 Å². The highest BCUT2D eigenvalue weighted by Gasteiger charge is 2.33. The molecular formula is C19H27FN2O2. The van der Waals surface area contributed by atoms with E-state index in [0.29, 0.717) is 31.0 Å². The first kappa shape index (κ1) is 18.4. The second-order valence-corrected chi connectivity index (χ2v) is 6.70. The van der Waals surface area contributed by atoms with Crippen molar-refractivity contribution >= 4 is 11.8 Å². The monoisotopic (exact) mass is 334 g/mol. The van der Waals surface area contributed by atoms with E-state index >= 15 is 0 Å². The van der Waals surface area contributed by atoms with Crippen LogP contribution < -0.4 is 10.6 Å². The van der Waals surface area contributed by atoms with Gasteiger partial charge >= 0.3 is 0 Å². The second kappa shape index (κ2) is 8.81. The highest BCUT2D eigenvalue weighted by Crippen LogP contribution is 2.44. The van der Waals surface area contributed by atoms with Crippen molar-refractivity contribution in [1.29, 1.82) is 0 Å². The van der Waals surface area contributed by atoms with Crippen LogP contribution in [-0.2, 0) is 9.59 Å². The van der Waals surface area contributed by atoms with Crippen LogP contribution in [0.5, 0.6) is 0 Å². The van der Waals surface area contributed by atoms with Gasteiger partial charge < -0.3 is 10.6 Å². The van der Waals surface area contributed by atoms with Crippen LogP contribution in [0.3, 0.4) is 0 Å². The van der Waals surface area contributed by atoms with Crippen molar-refractivity contribution in [2.75, 3.05) is 13.1 Å². The molecule has 1 aliphatic rings. The number of carbonyl (C=O) groups excluding carboxylic acids is 2. The summed E-state index contributed by atoms with van der Waals surface area (Å²) in [7, 11) is 0. The van der Waals surface area contributed by atoms with Crippen molar-refractivity contribution < 1.29 is 14.0 Å². The van der Waals surface area contributed by atoms with Gasteiger partial charge in [0.05, 0.1) is 0 Å². The topological polar surface area (TPSA) is 58.2 Å². The number of rotatable bonds is 9. The molecule has 1 aromatic carbocycles. The fourth-order valence-electron chi connectivity index (χ4n) is 2.97. The molecule has 5 heteroatoms. The summed E-state index contributed by atoms with van der Waals surface area (Å²) in [5.74, 6) is 0.551. The van der Waals surface area contributed by atoms with E-state index in [1.54, 1.807) is 6.92 Å². The first-order chi connectivity index (χ1) is 11.5. The summed E-state index contributed by atoms with van der Waals surface area (Å²) < 4.78 is 13.5. The van der Waals surface area contributed by atoms with Gasteiger partial charge in [0.2, 0.25) is 11.8 Å². The minimum atomic E-state index is -0.197. The minimum Gasteiger partial charge on any atom is -0.356 e. The highest BCUT2D eigenvalue weighted by atomic mass is 19.1. The molecule has 2 rings (SSSR count). The lowest BCUT2D eigenvalue weighted by Gasteiger charge is -2.17. The molecule has 1 aliphatic carbocycles. The lowest BCUT2D eigenvalue weighted by atomic mass is 9.89. The molecule has 0 saturated heterocycles. The minimum absolute atomic E-state index is 0.0269. The average Bonchev–Trinajstić information content (AvgIpc) is 3.35. The Balaban J connectivity index is 1.77. The van der Waals surface area contributed by atoms with Gasteiger partial charge in [0, 0.05) is 26.4 Å². The molecule has 2 N–H and O–H groups in total. The standard InChI is InChI=1S/C19H27FN2O2/c1-13-11-16(7-8-18(13)20)17(15-5-6-15)12-19(24)22-10-4-3-9-21-14(2)23/h7-8,11,15,17H,3-6,9-10,12H2,1-2H3,(H,21,23)(H,22,24). The quantitative estimate of drug-likeness (QED) is 0.682. The van der Waals surface area contributed by atoms with Gasteiger partial charge in [-0.3, -0.25) is 9.59 Å². The summed E-state index contributed by atoms with van der Waals surface area (Å²) in [6.45, 7) is 4.53. The molecule has 1 unspecified atom stereocenters. The number of benzene rings is 1. The average molecular weight is 334 g/mol. The Hall–Kier alpha value is -1.91. The summed E-state index contributed by atoms with van der Waals surface area (Å²) in [6, 6.07) is 5.19. The van der Waals surface area contributed by atoms with Gasteiger partial charge in [-0.05, 0) is 61.6 Å². The number of hydrogen-bond donors (Lipinski definition) is 2. The Morgan fingerprint density at radius 3 is 2.46 bits per heavy atom. The zero-order chi connectivity index (χ0) is 17.5. The van der Waals surface area contributed by atoms with E-state index in [2.05, 4.69) is 10.6 Å². The van der Waals surface area contributed by atoms with Crippen LogP contribution in [0.2, 0.25) is 0 Å². The molecule has 24 heavy (non-hydrogen) atoms. The van der Waals surface area contributed by atoms with Crippen LogP contribution in [-0.4, -0.2) is 24.9 Å². The van der Waals surface area contributed by atoms with E-state index < -0.39 is 0 Å². The number of nitrogens with one attached hydrogen (secondary N) is 2. The van der Waals surface area contributed by atoms with Gasteiger partial charge in [-0.1, -0.05) is 12.1 Å².